The number of halogens is 1. The highest BCUT2D eigenvalue weighted by Crippen LogP contribution is 2.39. The van der Waals surface area contributed by atoms with Gasteiger partial charge in [-0.05, 0) is 24.1 Å². The van der Waals surface area contributed by atoms with E-state index >= 15 is 0 Å². The molecule has 3 heteroatoms. The lowest BCUT2D eigenvalue weighted by molar-refractivity contribution is 0.0740. The van der Waals surface area contributed by atoms with Gasteiger partial charge in [0.25, 0.3) is 0 Å². The topological polar surface area (TPSA) is 20.2 Å². The third kappa shape index (κ3) is 2.54. The third-order valence-electron chi connectivity index (χ3n) is 2.84. The van der Waals surface area contributed by atoms with Gasteiger partial charge in [0.1, 0.15) is 5.60 Å². The predicted molar refractivity (Wildman–Crippen MR) is 73.7 cm³/mol. The Morgan fingerprint density at radius 3 is 2.41 bits per heavy atom. The lowest BCUT2D eigenvalue weighted by Crippen LogP contribution is -2.25. The Labute approximate surface area is 111 Å². The molecule has 0 saturated carbocycles. The van der Waals surface area contributed by atoms with Crippen molar-refractivity contribution in [3.05, 3.63) is 57.2 Å². The van der Waals surface area contributed by atoms with Gasteiger partial charge >= 0.3 is 0 Å². The van der Waals surface area contributed by atoms with E-state index in [0.717, 1.165) is 16.9 Å². The summed E-state index contributed by atoms with van der Waals surface area (Å²) in [6.45, 7) is 2.07. The lowest BCUT2D eigenvalue weighted by atomic mass is 9.88. The Hall–Kier alpha value is -0.830. The van der Waals surface area contributed by atoms with Crippen LogP contribution in [-0.4, -0.2) is 5.11 Å². The summed E-state index contributed by atoms with van der Waals surface area (Å²) < 4.78 is 0.713. The van der Waals surface area contributed by atoms with Gasteiger partial charge in [0.05, 0.1) is 4.34 Å². The van der Waals surface area contributed by atoms with Crippen LogP contribution in [0.5, 0.6) is 0 Å². The zero-order valence-electron chi connectivity index (χ0n) is 9.69. The van der Waals surface area contributed by atoms with Crippen LogP contribution in [-0.2, 0) is 5.60 Å². The quantitative estimate of drug-likeness (QED) is 0.868. The molecular weight excluding hydrogens is 252 g/mol. The summed E-state index contributed by atoms with van der Waals surface area (Å²) in [6.07, 6.45) is 1.62. The van der Waals surface area contributed by atoms with Crippen LogP contribution in [0.1, 0.15) is 30.2 Å². The minimum absolute atomic E-state index is 0.702. The van der Waals surface area contributed by atoms with Crippen LogP contribution in [0.25, 0.3) is 0 Å². The van der Waals surface area contributed by atoms with Gasteiger partial charge < -0.3 is 5.11 Å². The zero-order valence-corrected chi connectivity index (χ0v) is 11.3. The average Bonchev–Trinajstić information content (AvgIpc) is 2.78. The fourth-order valence-electron chi connectivity index (χ4n) is 2.02. The molecule has 0 aliphatic carbocycles. The van der Waals surface area contributed by atoms with Crippen LogP contribution in [0.3, 0.4) is 0 Å². The molecule has 1 N–H and O–H groups in total. The number of aliphatic hydroxyl groups is 1. The van der Waals surface area contributed by atoms with Crippen molar-refractivity contribution in [2.75, 3.05) is 0 Å². The summed E-state index contributed by atoms with van der Waals surface area (Å²) >= 11 is 7.41. The summed E-state index contributed by atoms with van der Waals surface area (Å²) in [6, 6.07) is 13.5. The van der Waals surface area contributed by atoms with E-state index in [-0.39, 0.29) is 0 Å². The molecule has 2 rings (SSSR count). The van der Waals surface area contributed by atoms with Crippen LogP contribution < -0.4 is 0 Å². The lowest BCUT2D eigenvalue weighted by Gasteiger charge is -2.27. The fraction of sp³-hybridized carbons (Fsp3) is 0.286. The maximum Gasteiger partial charge on any atom is 0.124 e. The standard InChI is InChI=1S/C14H15ClOS/c1-2-10-14(16,11-6-4-3-5-7-11)12-8-9-13(15)17-12/h3-9,16H,2,10H2,1H3. The van der Waals surface area contributed by atoms with Gasteiger partial charge in [0.2, 0.25) is 0 Å². The van der Waals surface area contributed by atoms with Crippen molar-refractivity contribution in [2.45, 2.75) is 25.4 Å². The Bertz CT molecular complexity index is 480. The van der Waals surface area contributed by atoms with E-state index in [2.05, 4.69) is 6.92 Å². The first-order chi connectivity index (χ1) is 8.16. The molecule has 1 heterocycles. The van der Waals surface area contributed by atoms with Crippen LogP contribution in [0.4, 0.5) is 0 Å². The minimum atomic E-state index is -0.909. The van der Waals surface area contributed by atoms with Gasteiger partial charge in [0, 0.05) is 4.88 Å². The number of thiophene rings is 1. The summed E-state index contributed by atoms with van der Waals surface area (Å²) in [5.74, 6) is 0. The maximum atomic E-state index is 10.9. The highest BCUT2D eigenvalue weighted by atomic mass is 35.5. The summed E-state index contributed by atoms with van der Waals surface area (Å²) in [7, 11) is 0. The van der Waals surface area contributed by atoms with Gasteiger partial charge in [-0.3, -0.25) is 0 Å². The van der Waals surface area contributed by atoms with Crippen molar-refractivity contribution in [1.29, 1.82) is 0 Å². The van der Waals surface area contributed by atoms with Crippen LogP contribution >= 0.6 is 22.9 Å². The normalized spacial score (nSPS) is 14.5. The molecule has 1 aromatic heterocycles. The minimum Gasteiger partial charge on any atom is -0.380 e. The smallest absolute Gasteiger partial charge is 0.124 e. The molecule has 0 amide bonds. The van der Waals surface area contributed by atoms with E-state index < -0.39 is 5.60 Å². The molecule has 0 saturated heterocycles. The fourth-order valence-corrected chi connectivity index (χ4v) is 3.21. The molecule has 2 aromatic rings. The average molecular weight is 267 g/mol. The number of hydrogen-bond acceptors (Lipinski definition) is 2. The largest absolute Gasteiger partial charge is 0.380 e. The number of rotatable bonds is 4. The van der Waals surface area contributed by atoms with Gasteiger partial charge in [-0.1, -0.05) is 55.3 Å². The first kappa shape index (κ1) is 12.6. The van der Waals surface area contributed by atoms with E-state index in [4.69, 9.17) is 11.6 Å². The highest BCUT2D eigenvalue weighted by Gasteiger charge is 2.31. The molecule has 1 atom stereocenters. The third-order valence-corrected chi connectivity index (χ3v) is 4.23. The van der Waals surface area contributed by atoms with Gasteiger partial charge in [-0.15, -0.1) is 11.3 Å². The zero-order chi connectivity index (χ0) is 12.3. The van der Waals surface area contributed by atoms with E-state index in [1.54, 1.807) is 0 Å². The van der Waals surface area contributed by atoms with E-state index in [1.165, 1.54) is 11.3 Å². The molecule has 0 bridgehead atoms. The second-order valence-electron chi connectivity index (χ2n) is 4.08. The number of benzene rings is 1. The molecule has 0 aliphatic heterocycles. The molecular formula is C14H15ClOS. The predicted octanol–water partition coefficient (Wildman–Crippen LogP) is 4.44. The SMILES string of the molecule is CCCC(O)(c1ccccc1)c1ccc(Cl)s1. The van der Waals surface area contributed by atoms with Crippen LogP contribution in [0.15, 0.2) is 42.5 Å². The first-order valence-electron chi connectivity index (χ1n) is 5.70. The van der Waals surface area contributed by atoms with E-state index in [9.17, 15) is 5.11 Å². The van der Waals surface area contributed by atoms with Crippen LogP contribution in [0, 0.1) is 0 Å². The first-order valence-corrected chi connectivity index (χ1v) is 6.90. The molecule has 1 nitrogen and oxygen atoms in total. The van der Waals surface area contributed by atoms with E-state index in [1.807, 2.05) is 42.5 Å². The molecule has 17 heavy (non-hydrogen) atoms. The molecule has 0 radical (unpaired) electrons. The van der Waals surface area contributed by atoms with Crippen molar-refractivity contribution in [1.82, 2.24) is 0 Å². The highest BCUT2D eigenvalue weighted by molar-refractivity contribution is 7.16. The second kappa shape index (κ2) is 5.21. The second-order valence-corrected chi connectivity index (χ2v) is 5.80. The van der Waals surface area contributed by atoms with Gasteiger partial charge in [-0.25, -0.2) is 0 Å². The van der Waals surface area contributed by atoms with Crippen LogP contribution in [0.2, 0.25) is 4.34 Å². The Morgan fingerprint density at radius 2 is 1.88 bits per heavy atom. The molecule has 0 spiro atoms. The molecule has 1 aromatic carbocycles. The van der Waals surface area contributed by atoms with Crippen molar-refractivity contribution in [3.63, 3.8) is 0 Å². The summed E-state index contributed by atoms with van der Waals surface area (Å²) in [5, 5.41) is 10.9. The Balaban J connectivity index is 2.46. The van der Waals surface area contributed by atoms with Crippen molar-refractivity contribution >= 4 is 22.9 Å². The molecule has 0 aliphatic rings. The molecule has 90 valence electrons. The van der Waals surface area contributed by atoms with Gasteiger partial charge in [-0.2, -0.15) is 0 Å². The Morgan fingerprint density at radius 1 is 1.18 bits per heavy atom. The monoisotopic (exact) mass is 266 g/mol. The van der Waals surface area contributed by atoms with Gasteiger partial charge in [0.15, 0.2) is 0 Å². The summed E-state index contributed by atoms with van der Waals surface area (Å²) in [5.41, 5.74) is 0.0220. The summed E-state index contributed by atoms with van der Waals surface area (Å²) in [4.78, 5) is 0.913. The van der Waals surface area contributed by atoms with Crippen molar-refractivity contribution in [3.8, 4) is 0 Å². The van der Waals surface area contributed by atoms with Crippen molar-refractivity contribution < 1.29 is 5.11 Å². The Kier molecular flexibility index (Phi) is 3.87. The van der Waals surface area contributed by atoms with E-state index in [0.29, 0.717) is 10.8 Å². The van der Waals surface area contributed by atoms with Crippen molar-refractivity contribution in [2.24, 2.45) is 0 Å². The molecule has 1 unspecified atom stereocenters. The molecule has 0 fully saturated rings. The maximum absolute atomic E-state index is 10.9. The number of hydrogen-bond donors (Lipinski definition) is 1.